The predicted octanol–water partition coefficient (Wildman–Crippen LogP) is -5.95. The fourth-order valence-corrected chi connectivity index (χ4v) is 5.87. The van der Waals surface area contributed by atoms with Crippen LogP contribution in [0.25, 0.3) is 0 Å². The molecular formula is C35H54FN9O17. The molecule has 10 atom stereocenters. The van der Waals surface area contributed by atoms with Gasteiger partial charge in [0.05, 0.1) is 31.8 Å². The number of carbonyl (C=O) groups is 9. The highest BCUT2D eigenvalue weighted by Crippen LogP contribution is 2.20. The molecule has 2 heterocycles. The highest BCUT2D eigenvalue weighted by molar-refractivity contribution is 5.98. The van der Waals surface area contributed by atoms with E-state index in [1.165, 1.54) is 27.0 Å². The largest absolute Gasteiger partial charge is 0.481 e. The quantitative estimate of drug-likeness (QED) is 0.0412. The number of rotatable bonds is 26. The van der Waals surface area contributed by atoms with Crippen molar-refractivity contribution in [2.75, 3.05) is 19.8 Å². The zero-order chi connectivity index (χ0) is 46.8. The van der Waals surface area contributed by atoms with Gasteiger partial charge in [-0.1, -0.05) is 19.1 Å². The smallest absolute Gasteiger partial charge is 0.305 e. The summed E-state index contributed by atoms with van der Waals surface area (Å²) in [6.07, 6.45) is -9.25. The van der Waals surface area contributed by atoms with Crippen LogP contribution in [0.15, 0.2) is 6.20 Å². The molecule has 6 amide bonds. The van der Waals surface area contributed by atoms with Crippen molar-refractivity contribution in [3.05, 3.63) is 11.9 Å². The van der Waals surface area contributed by atoms with E-state index in [1.807, 2.05) is 0 Å². The predicted molar refractivity (Wildman–Crippen MR) is 203 cm³/mol. The Morgan fingerprint density at radius 1 is 0.742 bits per heavy atom. The summed E-state index contributed by atoms with van der Waals surface area (Å²) in [7, 11) is 0. The molecule has 62 heavy (non-hydrogen) atoms. The zero-order valence-electron chi connectivity index (χ0n) is 33.9. The normalized spacial score (nSPS) is 21.0. The molecule has 27 heteroatoms. The fraction of sp³-hybridized carbons (Fsp3) is 0.686. The number of nitrogens with zero attached hydrogens (tertiary/aromatic N) is 3. The summed E-state index contributed by atoms with van der Waals surface area (Å²) in [6, 6.07) is -8.42. The number of ether oxygens (including phenoxy) is 1. The summed E-state index contributed by atoms with van der Waals surface area (Å²) >= 11 is 0. The van der Waals surface area contributed by atoms with Crippen LogP contribution >= 0.6 is 0 Å². The number of aliphatic hydroxyl groups is 4. The first-order chi connectivity index (χ1) is 29.1. The number of aliphatic carboxylic acids is 3. The van der Waals surface area contributed by atoms with Crippen LogP contribution < -0.4 is 31.9 Å². The minimum Gasteiger partial charge on any atom is -0.481 e. The molecule has 0 bridgehead atoms. The Hall–Kier alpha value is -5.90. The topological polar surface area (TPSA) is 407 Å². The number of aliphatic hydroxyl groups excluding tert-OH is 4. The Kier molecular flexibility index (Phi) is 21.2. The second-order valence-corrected chi connectivity index (χ2v) is 14.6. The van der Waals surface area contributed by atoms with Gasteiger partial charge in [0.15, 0.2) is 0 Å². The van der Waals surface area contributed by atoms with Crippen LogP contribution in [0.1, 0.15) is 58.6 Å². The number of aryl methyl sites for hydroxylation is 1. The molecule has 2 unspecified atom stereocenters. The number of halogens is 1. The van der Waals surface area contributed by atoms with Gasteiger partial charge in [0.2, 0.25) is 35.4 Å². The van der Waals surface area contributed by atoms with Crippen molar-refractivity contribution in [3.63, 3.8) is 0 Å². The van der Waals surface area contributed by atoms with E-state index < -0.39 is 172 Å². The molecule has 1 saturated heterocycles. The van der Waals surface area contributed by atoms with Crippen LogP contribution in [0, 0.1) is 5.92 Å². The van der Waals surface area contributed by atoms with Gasteiger partial charge in [-0.05, 0) is 32.1 Å². The molecule has 1 aliphatic rings. The van der Waals surface area contributed by atoms with Crippen molar-refractivity contribution in [1.29, 1.82) is 0 Å². The summed E-state index contributed by atoms with van der Waals surface area (Å²) in [5.41, 5.74) is 0.362. The monoisotopic (exact) mass is 891 g/mol. The van der Waals surface area contributed by atoms with Gasteiger partial charge in [-0.3, -0.25) is 47.5 Å². The van der Waals surface area contributed by atoms with Crippen LogP contribution in [0.4, 0.5) is 4.39 Å². The maximum atomic E-state index is 13.6. The number of carboxylic acid groups (broad SMARTS) is 3. The first-order valence-electron chi connectivity index (χ1n) is 19.3. The summed E-state index contributed by atoms with van der Waals surface area (Å²) in [5, 5.41) is 88.6. The summed E-state index contributed by atoms with van der Waals surface area (Å²) < 4.78 is 18.9. The molecule has 26 nitrogen and oxygen atoms in total. The van der Waals surface area contributed by atoms with Crippen molar-refractivity contribution in [2.24, 2.45) is 5.92 Å². The van der Waals surface area contributed by atoms with E-state index in [0.29, 0.717) is 5.69 Å². The Morgan fingerprint density at radius 2 is 1.31 bits per heavy atom. The van der Waals surface area contributed by atoms with Crippen molar-refractivity contribution < 1.29 is 88.0 Å². The van der Waals surface area contributed by atoms with Gasteiger partial charge in [-0.15, -0.1) is 5.10 Å². The molecule has 1 aliphatic heterocycles. The first kappa shape index (κ1) is 52.2. The number of amides is 6. The number of carboxylic acids is 3. The average molecular weight is 892 g/mol. The zero-order valence-corrected chi connectivity index (χ0v) is 33.9. The third-order valence-corrected chi connectivity index (χ3v) is 9.25. The molecule has 0 saturated carbocycles. The third-order valence-electron chi connectivity index (χ3n) is 9.25. The maximum absolute atomic E-state index is 13.6. The van der Waals surface area contributed by atoms with E-state index in [1.54, 1.807) is 0 Å². The number of hydrogen-bond donors (Lipinski definition) is 13. The second-order valence-electron chi connectivity index (χ2n) is 14.6. The van der Waals surface area contributed by atoms with Crippen molar-refractivity contribution >= 4 is 53.4 Å². The number of alkyl halides is 1. The Labute approximate surface area is 352 Å². The van der Waals surface area contributed by atoms with Gasteiger partial charge in [0, 0.05) is 19.2 Å². The number of carbonyl (C=O) groups excluding carboxylic acids is 6. The third kappa shape index (κ3) is 16.9. The lowest BCUT2D eigenvalue weighted by Gasteiger charge is -2.40. The Bertz CT molecular complexity index is 1750. The molecule has 1 aromatic heterocycles. The molecule has 1 aromatic rings. The van der Waals surface area contributed by atoms with Crippen LogP contribution in [-0.4, -0.2) is 185 Å². The molecule has 0 aliphatic carbocycles. The minimum atomic E-state index is -1.86. The molecule has 13 N–H and O–H groups in total. The second kappa shape index (κ2) is 25.1. The average Bonchev–Trinajstić information content (AvgIpc) is 3.64. The molecule has 1 fully saturated rings. The molecule has 0 radical (unpaired) electrons. The maximum Gasteiger partial charge on any atom is 0.305 e. The van der Waals surface area contributed by atoms with Crippen molar-refractivity contribution in [3.8, 4) is 0 Å². The van der Waals surface area contributed by atoms with Gasteiger partial charge >= 0.3 is 17.9 Å². The molecule has 348 valence electrons. The van der Waals surface area contributed by atoms with Crippen molar-refractivity contribution in [1.82, 2.24) is 46.9 Å². The lowest BCUT2D eigenvalue weighted by Crippen LogP contribution is -2.62. The van der Waals surface area contributed by atoms with E-state index in [0.717, 1.165) is 4.68 Å². The lowest BCUT2D eigenvalue weighted by atomic mass is 9.95. The fourth-order valence-electron chi connectivity index (χ4n) is 5.87. The van der Waals surface area contributed by atoms with Gasteiger partial charge in [0.1, 0.15) is 67.3 Å². The molecular weight excluding hydrogens is 837 g/mol. The van der Waals surface area contributed by atoms with Gasteiger partial charge in [0.25, 0.3) is 0 Å². The van der Waals surface area contributed by atoms with Crippen LogP contribution in [0.5, 0.6) is 0 Å². The highest BCUT2D eigenvalue weighted by Gasteiger charge is 2.43. The van der Waals surface area contributed by atoms with E-state index >= 15 is 0 Å². The summed E-state index contributed by atoms with van der Waals surface area (Å²) in [4.78, 5) is 114. The van der Waals surface area contributed by atoms with Crippen LogP contribution in [-0.2, 0) is 60.9 Å². The number of aromatic nitrogens is 3. The number of nitrogens with one attached hydrogen (secondary N) is 6. The van der Waals surface area contributed by atoms with Crippen LogP contribution in [0.2, 0.25) is 0 Å². The van der Waals surface area contributed by atoms with Gasteiger partial charge < -0.3 is 72.4 Å². The lowest BCUT2D eigenvalue weighted by molar-refractivity contribution is -0.227. The van der Waals surface area contributed by atoms with E-state index in [2.05, 4.69) is 42.2 Å². The summed E-state index contributed by atoms with van der Waals surface area (Å²) in [6.45, 7) is 1.69. The number of hydrogen-bond acceptors (Lipinski definition) is 16. The van der Waals surface area contributed by atoms with Crippen LogP contribution in [0.3, 0.4) is 0 Å². The van der Waals surface area contributed by atoms with Gasteiger partial charge in [-0.25, -0.2) is 4.68 Å². The summed E-state index contributed by atoms with van der Waals surface area (Å²) in [5.74, 6) is -11.9. The molecule has 2 rings (SSSR count). The SMILES string of the molecule is CC(C)[C@H](NC(=O)[C@H](CCC(=O)O)NC(=O)[C@H](CC(=O)O)NC(=O)Cn1cc(CCCF)nn1)C(=O)N[C@@H](CC(=O)O)C(=O)N[C@@H](C)C(=O)NC[C@@H]1O[C@H](CO)C(O)C(O)[C@@H]1O. The Morgan fingerprint density at radius 3 is 1.87 bits per heavy atom. The molecule has 0 aromatic carbocycles. The van der Waals surface area contributed by atoms with E-state index in [9.17, 15) is 83.3 Å². The van der Waals surface area contributed by atoms with E-state index in [4.69, 9.17) is 4.74 Å². The molecule has 0 spiro atoms. The Balaban J connectivity index is 2.16. The van der Waals surface area contributed by atoms with E-state index in [-0.39, 0.29) is 12.8 Å². The standard InChI is InChI=1S/C35H54FN9O17/c1-15(2)27(35(61)41-20(10-26(52)53)33(59)38-16(3)31(57)37-11-21-28(54)30(56)29(55)22(14-46)62-21)42-32(58)18(6-7-24(48)49)40-34(60)19(9-25(50)51)39-23(47)13-45-12-17(43-44-45)5-4-8-36/h12,15-16,18-22,27-30,46,54-56H,4-11,13-14H2,1-3H3,(H,37,57)(H,38,59)(H,39,47)(H,40,60)(H,41,61)(H,42,58)(H,48,49)(H,50,51)(H,52,53)/t16-,18-,19-,20-,21-,22+,27-,28+,29?,30?/m0/s1. The van der Waals surface area contributed by atoms with Gasteiger partial charge in [-0.2, -0.15) is 0 Å². The minimum absolute atomic E-state index is 0.150. The highest BCUT2D eigenvalue weighted by atomic mass is 19.1. The first-order valence-corrected chi connectivity index (χ1v) is 19.3. The van der Waals surface area contributed by atoms with Crippen molar-refractivity contribution in [2.45, 2.75) is 127 Å².